The van der Waals surface area contributed by atoms with Gasteiger partial charge < -0.3 is 14.4 Å². The Bertz CT molecular complexity index is 1630. The SMILES string of the molecule is CC(C)(C)OC(=O)N1CCCC(n2c(=O)n(COCC[Si](C)(C)C)c3cnc(-c4cnc5ccc(F)cn45)nc32)C1. The van der Waals surface area contributed by atoms with Gasteiger partial charge in [0.15, 0.2) is 11.5 Å². The molecule has 1 fully saturated rings. The van der Waals surface area contributed by atoms with Crippen LogP contribution in [0.4, 0.5) is 9.18 Å². The zero-order chi connectivity index (χ0) is 29.5. The van der Waals surface area contributed by atoms with E-state index in [4.69, 9.17) is 14.5 Å². The maximum atomic E-state index is 14.1. The van der Waals surface area contributed by atoms with Crippen LogP contribution in [0.25, 0.3) is 28.3 Å². The van der Waals surface area contributed by atoms with Gasteiger partial charge in [0.05, 0.1) is 18.4 Å². The number of rotatable bonds is 7. The van der Waals surface area contributed by atoms with Crippen LogP contribution >= 0.6 is 0 Å². The fourth-order valence-corrected chi connectivity index (χ4v) is 5.70. The molecule has 0 aromatic carbocycles. The lowest BCUT2D eigenvalue weighted by Gasteiger charge is -2.34. The van der Waals surface area contributed by atoms with Gasteiger partial charge in [0, 0.05) is 34.0 Å². The fourth-order valence-electron chi connectivity index (χ4n) is 4.95. The zero-order valence-corrected chi connectivity index (χ0v) is 25.6. The molecule has 1 unspecified atom stereocenters. The van der Waals surface area contributed by atoms with Crippen molar-refractivity contribution in [3.63, 3.8) is 0 Å². The van der Waals surface area contributed by atoms with E-state index in [1.54, 1.807) is 36.9 Å². The largest absolute Gasteiger partial charge is 0.444 e. The van der Waals surface area contributed by atoms with Gasteiger partial charge in [0.2, 0.25) is 0 Å². The van der Waals surface area contributed by atoms with Crippen molar-refractivity contribution in [2.45, 2.75) is 77.7 Å². The molecule has 0 aliphatic carbocycles. The molecule has 1 atom stereocenters. The first-order valence-electron chi connectivity index (χ1n) is 14.0. The quantitative estimate of drug-likeness (QED) is 0.224. The minimum atomic E-state index is -1.31. The van der Waals surface area contributed by atoms with Crippen LogP contribution in [0.15, 0.2) is 35.5 Å². The average Bonchev–Trinajstić information content (AvgIpc) is 3.42. The number of imidazole rings is 2. The molecule has 1 aliphatic rings. The molecule has 4 aromatic rings. The Labute approximate surface area is 238 Å². The predicted octanol–water partition coefficient (Wildman–Crippen LogP) is 4.93. The topological polar surface area (TPSA) is 109 Å². The second kappa shape index (κ2) is 11.0. The lowest BCUT2D eigenvalue weighted by Crippen LogP contribution is -2.45. The lowest BCUT2D eigenvalue weighted by atomic mass is 10.1. The van der Waals surface area contributed by atoms with Gasteiger partial charge in [-0.05, 0) is 51.8 Å². The van der Waals surface area contributed by atoms with Crippen molar-refractivity contribution >= 4 is 31.0 Å². The molecule has 0 saturated carbocycles. The molecule has 5 rings (SSSR count). The first kappa shape index (κ1) is 28.9. The van der Waals surface area contributed by atoms with E-state index in [1.807, 2.05) is 20.8 Å². The molecule has 11 nitrogen and oxygen atoms in total. The molecule has 5 heterocycles. The highest BCUT2D eigenvalue weighted by Gasteiger charge is 2.31. The molecule has 1 aliphatic heterocycles. The van der Waals surface area contributed by atoms with E-state index >= 15 is 0 Å². The summed E-state index contributed by atoms with van der Waals surface area (Å²) in [5.41, 5.74) is 1.10. The summed E-state index contributed by atoms with van der Waals surface area (Å²) in [5, 5.41) is 0. The van der Waals surface area contributed by atoms with E-state index in [0.717, 1.165) is 6.04 Å². The normalized spacial score (nSPS) is 16.6. The van der Waals surface area contributed by atoms with Crippen molar-refractivity contribution in [3.8, 4) is 11.5 Å². The molecule has 1 amide bonds. The number of hydrogen-bond donors (Lipinski definition) is 0. The number of nitrogens with zero attached hydrogens (tertiary/aromatic N) is 7. The van der Waals surface area contributed by atoms with Crippen molar-refractivity contribution < 1.29 is 18.7 Å². The van der Waals surface area contributed by atoms with E-state index in [2.05, 4.69) is 29.6 Å². The van der Waals surface area contributed by atoms with Crippen LogP contribution in [0.2, 0.25) is 25.7 Å². The van der Waals surface area contributed by atoms with E-state index in [1.165, 1.54) is 12.3 Å². The number of likely N-dealkylation sites (tertiary alicyclic amines) is 1. The molecule has 13 heteroatoms. The summed E-state index contributed by atoms with van der Waals surface area (Å²) in [4.78, 5) is 42.2. The van der Waals surface area contributed by atoms with Gasteiger partial charge in [-0.3, -0.25) is 13.5 Å². The molecule has 220 valence electrons. The first-order chi connectivity index (χ1) is 19.3. The number of piperidine rings is 1. The Balaban J connectivity index is 1.55. The summed E-state index contributed by atoms with van der Waals surface area (Å²) in [7, 11) is -1.31. The maximum Gasteiger partial charge on any atom is 0.410 e. The van der Waals surface area contributed by atoms with Crippen LogP contribution in [0.1, 0.15) is 39.7 Å². The molecule has 4 aromatic heterocycles. The summed E-state index contributed by atoms with van der Waals surface area (Å²) in [6, 6.07) is 3.57. The van der Waals surface area contributed by atoms with Gasteiger partial charge in [-0.15, -0.1) is 0 Å². The van der Waals surface area contributed by atoms with E-state index in [-0.39, 0.29) is 18.5 Å². The van der Waals surface area contributed by atoms with Crippen LogP contribution in [0.3, 0.4) is 0 Å². The zero-order valence-electron chi connectivity index (χ0n) is 24.6. The summed E-state index contributed by atoms with van der Waals surface area (Å²) in [6.07, 6.45) is 5.51. The number of hydrogen-bond acceptors (Lipinski definition) is 7. The van der Waals surface area contributed by atoms with Crippen molar-refractivity contribution in [3.05, 3.63) is 47.0 Å². The smallest absolute Gasteiger partial charge is 0.410 e. The molecular weight excluding hydrogens is 545 g/mol. The number of amides is 1. The van der Waals surface area contributed by atoms with Gasteiger partial charge in [0.1, 0.15) is 35.0 Å². The monoisotopic (exact) mass is 583 g/mol. The van der Waals surface area contributed by atoms with Crippen molar-refractivity contribution in [1.82, 2.24) is 33.4 Å². The predicted molar refractivity (Wildman–Crippen MR) is 156 cm³/mol. The Morgan fingerprint density at radius 2 is 1.95 bits per heavy atom. The van der Waals surface area contributed by atoms with Crippen LogP contribution in [0, 0.1) is 5.82 Å². The van der Waals surface area contributed by atoms with Gasteiger partial charge in [-0.2, -0.15) is 0 Å². The van der Waals surface area contributed by atoms with E-state index in [0.29, 0.717) is 60.9 Å². The third-order valence-electron chi connectivity index (χ3n) is 7.03. The number of halogens is 1. The molecule has 0 spiro atoms. The summed E-state index contributed by atoms with van der Waals surface area (Å²) < 4.78 is 30.4. The Morgan fingerprint density at radius 1 is 1.17 bits per heavy atom. The number of fused-ring (bicyclic) bond motifs is 2. The second-order valence-corrected chi connectivity index (χ2v) is 18.4. The van der Waals surface area contributed by atoms with Crippen molar-refractivity contribution in [1.29, 1.82) is 0 Å². The fraction of sp³-hybridized carbons (Fsp3) is 0.536. The second-order valence-electron chi connectivity index (χ2n) is 12.8. The van der Waals surface area contributed by atoms with Crippen molar-refractivity contribution in [2.75, 3.05) is 19.7 Å². The Hall–Kier alpha value is -3.58. The molecule has 0 N–H and O–H groups in total. The number of pyridine rings is 1. The summed E-state index contributed by atoms with van der Waals surface area (Å²) >= 11 is 0. The Morgan fingerprint density at radius 3 is 2.68 bits per heavy atom. The molecule has 0 bridgehead atoms. The van der Waals surface area contributed by atoms with Crippen LogP contribution in [-0.4, -0.2) is 72.9 Å². The van der Waals surface area contributed by atoms with Crippen LogP contribution in [-0.2, 0) is 16.2 Å². The summed E-state index contributed by atoms with van der Waals surface area (Å²) in [5.74, 6) is -0.109. The minimum Gasteiger partial charge on any atom is -0.444 e. The first-order valence-corrected chi connectivity index (χ1v) is 17.7. The highest BCUT2D eigenvalue weighted by Crippen LogP contribution is 2.27. The van der Waals surface area contributed by atoms with Crippen LogP contribution < -0.4 is 5.69 Å². The standard InChI is InChI=1S/C28H38FN7O4Si/c1-28(2,3)40-27(38)33-11-7-8-20(17-33)36-25-22(35(26(36)37)18-39-12-13-41(4,5)6)15-31-24(32-25)21-14-30-23-10-9-19(29)16-34(21)23/h9-10,14-16,20H,7-8,11-13,17-18H2,1-6H3. The summed E-state index contributed by atoms with van der Waals surface area (Å²) in [6.45, 7) is 13.8. The number of carbonyl (C=O) groups is 1. The molecule has 41 heavy (non-hydrogen) atoms. The average molecular weight is 584 g/mol. The lowest BCUT2D eigenvalue weighted by molar-refractivity contribution is 0.0171. The van der Waals surface area contributed by atoms with E-state index in [9.17, 15) is 14.0 Å². The molecule has 0 radical (unpaired) electrons. The number of aromatic nitrogens is 6. The van der Waals surface area contributed by atoms with Gasteiger partial charge >= 0.3 is 11.8 Å². The van der Waals surface area contributed by atoms with Crippen molar-refractivity contribution in [2.24, 2.45) is 0 Å². The minimum absolute atomic E-state index is 0.0683. The highest BCUT2D eigenvalue weighted by molar-refractivity contribution is 6.76. The van der Waals surface area contributed by atoms with Gasteiger partial charge in [-0.25, -0.2) is 28.9 Å². The number of carbonyl (C=O) groups excluding carboxylic acids is 1. The third kappa shape index (κ3) is 6.35. The highest BCUT2D eigenvalue weighted by atomic mass is 28.3. The third-order valence-corrected chi connectivity index (χ3v) is 8.74. The van der Waals surface area contributed by atoms with Gasteiger partial charge in [0.25, 0.3) is 0 Å². The molecule has 1 saturated heterocycles. The maximum absolute atomic E-state index is 14.1. The van der Waals surface area contributed by atoms with Gasteiger partial charge in [-0.1, -0.05) is 19.6 Å². The number of ether oxygens (including phenoxy) is 2. The Kier molecular flexibility index (Phi) is 7.77. The molecular formula is C28H38FN7O4Si. The van der Waals surface area contributed by atoms with E-state index < -0.39 is 25.6 Å². The van der Waals surface area contributed by atoms with Crippen LogP contribution in [0.5, 0.6) is 0 Å².